The lowest BCUT2D eigenvalue weighted by molar-refractivity contribution is -0.384. The van der Waals surface area contributed by atoms with Crippen LogP contribution >= 0.6 is 0 Å². The summed E-state index contributed by atoms with van der Waals surface area (Å²) < 4.78 is 41.0. The van der Waals surface area contributed by atoms with Crippen LogP contribution in [0.3, 0.4) is 0 Å². The average Bonchev–Trinajstić information content (AvgIpc) is 2.34. The summed E-state index contributed by atoms with van der Waals surface area (Å²) >= 11 is 0. The van der Waals surface area contributed by atoms with Crippen LogP contribution in [0.25, 0.3) is 5.76 Å². The molecular weight excluding hydrogens is 267 g/mol. The molecule has 0 amide bonds. The van der Waals surface area contributed by atoms with Crippen molar-refractivity contribution in [2.45, 2.75) is 6.18 Å². The van der Waals surface area contributed by atoms with Crippen LogP contribution in [0.2, 0.25) is 0 Å². The van der Waals surface area contributed by atoms with Crippen LogP contribution in [-0.4, -0.2) is 24.0 Å². The van der Waals surface area contributed by atoms with Gasteiger partial charge in [0.15, 0.2) is 0 Å². The Kier molecular flexibility index (Phi) is 4.26. The Labute approximate surface area is 105 Å². The number of rotatable bonds is 4. The largest absolute Gasteiger partial charge is 0.496 e. The van der Waals surface area contributed by atoms with E-state index < -0.39 is 16.9 Å². The maximum atomic E-state index is 12.1. The first-order valence-electron chi connectivity index (χ1n) is 4.87. The number of nitro groups is 1. The number of nitro benzene ring substituents is 1. The van der Waals surface area contributed by atoms with Gasteiger partial charge in [-0.1, -0.05) is 0 Å². The van der Waals surface area contributed by atoms with Gasteiger partial charge >= 0.3 is 6.18 Å². The molecule has 0 saturated carbocycles. The lowest BCUT2D eigenvalue weighted by Gasteiger charge is -2.07. The zero-order chi connectivity index (χ0) is 14.6. The number of non-ortho nitro benzene ring substituents is 1. The molecule has 0 fully saturated rings. The van der Waals surface area contributed by atoms with E-state index in [9.17, 15) is 28.1 Å². The summed E-state index contributed by atoms with van der Waals surface area (Å²) in [7, 11) is 1.09. The van der Waals surface area contributed by atoms with Crippen LogP contribution in [0.1, 0.15) is 5.56 Å². The molecule has 0 aliphatic heterocycles. The summed E-state index contributed by atoms with van der Waals surface area (Å²) in [5.41, 5.74) is -0.0907. The standard InChI is InChI=1S/C11H8F3NO4/c1-19-9(6-10(16)11(12,13)14)7-2-4-8(5-3-7)15(17)18/h2-6H,1H3/b9-6+. The Balaban J connectivity index is 3.07. The topological polar surface area (TPSA) is 69.4 Å². The molecule has 0 N–H and O–H groups in total. The van der Waals surface area contributed by atoms with Gasteiger partial charge in [0.05, 0.1) is 12.0 Å². The molecular formula is C11H8F3NO4. The summed E-state index contributed by atoms with van der Waals surface area (Å²) in [5, 5.41) is 10.4. The highest BCUT2D eigenvalue weighted by Gasteiger charge is 2.37. The SMILES string of the molecule is CO/C(=C/C(=O)C(F)(F)F)c1ccc([N+](=O)[O-])cc1. The van der Waals surface area contributed by atoms with Crippen LogP contribution in [0.5, 0.6) is 0 Å². The molecule has 1 rings (SSSR count). The quantitative estimate of drug-likeness (QED) is 0.366. The zero-order valence-corrected chi connectivity index (χ0v) is 9.60. The Morgan fingerprint density at radius 2 is 1.84 bits per heavy atom. The lowest BCUT2D eigenvalue weighted by Crippen LogP contribution is -2.20. The smallest absolute Gasteiger partial charge is 0.454 e. The van der Waals surface area contributed by atoms with Crippen molar-refractivity contribution in [1.29, 1.82) is 0 Å². The number of allylic oxidation sites excluding steroid dienone is 1. The molecule has 0 saturated heterocycles. The van der Waals surface area contributed by atoms with Crippen molar-refractivity contribution in [2.75, 3.05) is 7.11 Å². The average molecular weight is 275 g/mol. The van der Waals surface area contributed by atoms with Gasteiger partial charge in [-0.05, 0) is 12.1 Å². The van der Waals surface area contributed by atoms with E-state index in [1.54, 1.807) is 0 Å². The van der Waals surface area contributed by atoms with Gasteiger partial charge in [0.25, 0.3) is 11.5 Å². The number of carbonyl (C=O) groups is 1. The highest BCUT2D eigenvalue weighted by molar-refractivity contribution is 5.99. The second-order valence-corrected chi connectivity index (χ2v) is 3.38. The molecule has 0 aliphatic carbocycles. The second kappa shape index (κ2) is 5.51. The van der Waals surface area contributed by atoms with E-state index >= 15 is 0 Å². The van der Waals surface area contributed by atoms with E-state index in [2.05, 4.69) is 4.74 Å². The number of nitrogens with zero attached hydrogens (tertiary/aromatic N) is 1. The minimum atomic E-state index is -5.00. The van der Waals surface area contributed by atoms with Gasteiger partial charge in [0, 0.05) is 23.8 Å². The molecule has 19 heavy (non-hydrogen) atoms. The van der Waals surface area contributed by atoms with Gasteiger partial charge in [-0.3, -0.25) is 14.9 Å². The fourth-order valence-electron chi connectivity index (χ4n) is 1.21. The second-order valence-electron chi connectivity index (χ2n) is 3.38. The molecule has 0 spiro atoms. The number of hydrogen-bond donors (Lipinski definition) is 0. The van der Waals surface area contributed by atoms with Gasteiger partial charge < -0.3 is 4.74 Å². The summed E-state index contributed by atoms with van der Waals surface area (Å²) in [6.07, 6.45) is -4.70. The third-order valence-electron chi connectivity index (χ3n) is 2.12. The zero-order valence-electron chi connectivity index (χ0n) is 9.60. The molecule has 1 aromatic rings. The van der Waals surface area contributed by atoms with E-state index in [1.165, 1.54) is 12.1 Å². The van der Waals surface area contributed by atoms with E-state index in [0.29, 0.717) is 6.08 Å². The number of methoxy groups -OCH3 is 1. The fourth-order valence-corrected chi connectivity index (χ4v) is 1.21. The predicted octanol–water partition coefficient (Wildman–Crippen LogP) is 2.71. The monoisotopic (exact) mass is 275 g/mol. The van der Waals surface area contributed by atoms with Crippen molar-refractivity contribution in [3.8, 4) is 0 Å². The van der Waals surface area contributed by atoms with Crippen molar-refractivity contribution in [3.05, 3.63) is 46.0 Å². The summed E-state index contributed by atoms with van der Waals surface area (Å²) in [6, 6.07) is 4.58. The summed E-state index contributed by atoms with van der Waals surface area (Å²) in [5.74, 6) is -2.39. The van der Waals surface area contributed by atoms with Gasteiger partial charge in [0.2, 0.25) is 0 Å². The van der Waals surface area contributed by atoms with Gasteiger partial charge in [0.1, 0.15) is 5.76 Å². The number of benzene rings is 1. The normalized spacial score (nSPS) is 12.1. The van der Waals surface area contributed by atoms with Crippen molar-refractivity contribution in [2.24, 2.45) is 0 Å². The molecule has 0 heterocycles. The molecule has 0 atom stereocenters. The molecule has 0 radical (unpaired) electrons. The van der Waals surface area contributed by atoms with Gasteiger partial charge in [-0.25, -0.2) is 0 Å². The molecule has 0 aromatic heterocycles. The first kappa shape index (κ1) is 14.7. The van der Waals surface area contributed by atoms with E-state index in [-0.39, 0.29) is 17.0 Å². The lowest BCUT2D eigenvalue weighted by atomic mass is 10.1. The molecule has 0 aliphatic rings. The highest BCUT2D eigenvalue weighted by atomic mass is 19.4. The van der Waals surface area contributed by atoms with Crippen LogP contribution in [0.4, 0.5) is 18.9 Å². The minimum Gasteiger partial charge on any atom is -0.496 e. The number of carbonyl (C=O) groups excluding carboxylic acids is 1. The van der Waals surface area contributed by atoms with Crippen LogP contribution in [-0.2, 0) is 9.53 Å². The van der Waals surface area contributed by atoms with E-state index in [4.69, 9.17) is 0 Å². The summed E-state index contributed by atoms with van der Waals surface area (Å²) in [4.78, 5) is 20.6. The van der Waals surface area contributed by atoms with Crippen LogP contribution in [0, 0.1) is 10.1 Å². The maximum absolute atomic E-state index is 12.1. The molecule has 102 valence electrons. The van der Waals surface area contributed by atoms with E-state index in [0.717, 1.165) is 19.2 Å². The minimum absolute atomic E-state index is 0.130. The number of hydrogen-bond acceptors (Lipinski definition) is 4. The predicted molar refractivity (Wildman–Crippen MR) is 59.1 cm³/mol. The third kappa shape index (κ3) is 3.80. The van der Waals surface area contributed by atoms with Crippen molar-refractivity contribution < 1.29 is 27.6 Å². The number of ketones is 1. The Morgan fingerprint density at radius 1 is 1.32 bits per heavy atom. The summed E-state index contributed by atoms with van der Waals surface area (Å²) in [6.45, 7) is 0. The van der Waals surface area contributed by atoms with Crippen molar-refractivity contribution in [1.82, 2.24) is 0 Å². The molecule has 5 nitrogen and oxygen atoms in total. The Bertz CT molecular complexity index is 520. The molecule has 0 bridgehead atoms. The first-order valence-corrected chi connectivity index (χ1v) is 4.87. The number of ether oxygens (including phenoxy) is 1. The Morgan fingerprint density at radius 3 is 2.21 bits per heavy atom. The number of halogens is 3. The molecule has 8 heteroatoms. The molecule has 0 unspecified atom stereocenters. The van der Waals surface area contributed by atoms with Crippen LogP contribution < -0.4 is 0 Å². The fraction of sp³-hybridized carbons (Fsp3) is 0.182. The number of alkyl halides is 3. The van der Waals surface area contributed by atoms with Gasteiger partial charge in [-0.15, -0.1) is 0 Å². The van der Waals surface area contributed by atoms with Crippen molar-refractivity contribution in [3.63, 3.8) is 0 Å². The third-order valence-corrected chi connectivity index (χ3v) is 2.12. The molecule has 1 aromatic carbocycles. The maximum Gasteiger partial charge on any atom is 0.454 e. The van der Waals surface area contributed by atoms with Crippen LogP contribution in [0.15, 0.2) is 30.3 Å². The first-order chi connectivity index (χ1) is 8.75. The highest BCUT2D eigenvalue weighted by Crippen LogP contribution is 2.23. The van der Waals surface area contributed by atoms with E-state index in [1.807, 2.05) is 0 Å². The Hall–Kier alpha value is -2.38. The van der Waals surface area contributed by atoms with Crippen molar-refractivity contribution >= 4 is 17.2 Å². The van der Waals surface area contributed by atoms with Gasteiger partial charge in [-0.2, -0.15) is 13.2 Å².